The maximum Gasteiger partial charge on any atom is 0.311 e. The average molecular weight is 257 g/mol. The lowest BCUT2D eigenvalue weighted by molar-refractivity contribution is -0.386. The van der Waals surface area contributed by atoms with Crippen molar-refractivity contribution in [1.29, 1.82) is 0 Å². The molecule has 1 aromatic carbocycles. The van der Waals surface area contributed by atoms with Gasteiger partial charge < -0.3 is 14.9 Å². The Morgan fingerprint density at radius 1 is 1.33 bits per heavy atom. The van der Waals surface area contributed by atoms with Crippen molar-refractivity contribution in [3.63, 3.8) is 0 Å². The highest BCUT2D eigenvalue weighted by Crippen LogP contribution is 2.32. The van der Waals surface area contributed by atoms with E-state index in [9.17, 15) is 24.7 Å². The molecule has 98 valence electrons. The van der Waals surface area contributed by atoms with Crippen LogP contribution >= 0.6 is 0 Å². The van der Waals surface area contributed by atoms with Gasteiger partial charge >= 0.3 is 5.69 Å². The van der Waals surface area contributed by atoms with E-state index in [2.05, 4.69) is 0 Å². The molecule has 0 bridgehead atoms. The lowest BCUT2D eigenvalue weighted by Gasteiger charge is -2.12. The third-order valence-corrected chi connectivity index (χ3v) is 2.87. The van der Waals surface area contributed by atoms with Gasteiger partial charge in [-0.15, -0.1) is 0 Å². The molecule has 2 rings (SSSR count). The van der Waals surface area contributed by atoms with Crippen molar-refractivity contribution < 1.29 is 24.3 Å². The molecule has 0 saturated heterocycles. The number of benzene rings is 1. The maximum absolute atomic E-state index is 13.0. The first-order valence-corrected chi connectivity index (χ1v) is 5.44. The molecule has 0 amide bonds. The normalized spacial score (nSPS) is 27.2. The smallest absolute Gasteiger partial charge is 0.311 e. The number of nitro benzene ring substituents is 1. The molecule has 1 aromatic rings. The molecule has 2 N–H and O–H groups in total. The monoisotopic (exact) mass is 257 g/mol. The number of aliphatic hydroxyl groups is 2. The number of aliphatic hydroxyl groups excluding tert-OH is 2. The molecule has 1 aliphatic carbocycles. The van der Waals surface area contributed by atoms with Crippen LogP contribution in [0.15, 0.2) is 18.2 Å². The van der Waals surface area contributed by atoms with E-state index in [1.807, 2.05) is 0 Å². The molecule has 2 unspecified atom stereocenters. The van der Waals surface area contributed by atoms with Gasteiger partial charge in [-0.05, 0) is 6.07 Å². The molecular weight excluding hydrogens is 245 g/mol. The van der Waals surface area contributed by atoms with E-state index in [1.165, 1.54) is 0 Å². The number of nitro groups is 1. The molecule has 0 heterocycles. The quantitative estimate of drug-likeness (QED) is 0.622. The van der Waals surface area contributed by atoms with Crippen LogP contribution < -0.4 is 4.74 Å². The van der Waals surface area contributed by atoms with Crippen LogP contribution in [0.3, 0.4) is 0 Å². The van der Waals surface area contributed by atoms with Crippen LogP contribution in [0.2, 0.25) is 0 Å². The predicted molar refractivity (Wildman–Crippen MR) is 58.7 cm³/mol. The van der Waals surface area contributed by atoms with E-state index in [-0.39, 0.29) is 24.3 Å². The van der Waals surface area contributed by atoms with Crippen LogP contribution in [-0.2, 0) is 0 Å². The summed E-state index contributed by atoms with van der Waals surface area (Å²) in [7, 11) is 0. The topological polar surface area (TPSA) is 92.8 Å². The van der Waals surface area contributed by atoms with E-state index in [0.29, 0.717) is 0 Å². The Hall–Kier alpha value is -1.73. The van der Waals surface area contributed by atoms with Gasteiger partial charge in [0.25, 0.3) is 0 Å². The first-order valence-electron chi connectivity index (χ1n) is 5.44. The molecule has 0 aromatic heterocycles. The summed E-state index contributed by atoms with van der Waals surface area (Å²) in [5, 5.41) is 29.4. The van der Waals surface area contributed by atoms with E-state index < -0.39 is 29.1 Å². The predicted octanol–water partition coefficient (Wildman–Crippen LogP) is 0.997. The van der Waals surface area contributed by atoms with Gasteiger partial charge in [0, 0.05) is 25.0 Å². The molecule has 0 radical (unpaired) electrons. The standard InChI is InChI=1S/C11H12FNO5/c12-6-1-2-8(13(16)17)11(3-6)18-7-4-9(14)10(15)5-7/h1-3,7,9-10,14-15H,4-5H2. The molecule has 0 aliphatic heterocycles. The SMILES string of the molecule is O=[N+]([O-])c1ccc(F)cc1OC1CC(O)C(O)C1. The largest absolute Gasteiger partial charge is 0.483 e. The van der Waals surface area contributed by atoms with Gasteiger partial charge in [0.2, 0.25) is 0 Å². The summed E-state index contributed by atoms with van der Waals surface area (Å²) in [6.45, 7) is 0. The molecular formula is C11H12FNO5. The van der Waals surface area contributed by atoms with Crippen molar-refractivity contribution >= 4 is 5.69 Å². The third-order valence-electron chi connectivity index (χ3n) is 2.87. The second-order valence-electron chi connectivity index (χ2n) is 4.22. The fourth-order valence-corrected chi connectivity index (χ4v) is 1.96. The van der Waals surface area contributed by atoms with Gasteiger partial charge in [-0.1, -0.05) is 0 Å². The molecule has 1 aliphatic rings. The number of hydrogen-bond donors (Lipinski definition) is 2. The zero-order valence-corrected chi connectivity index (χ0v) is 9.32. The minimum Gasteiger partial charge on any atom is -0.483 e. The zero-order valence-electron chi connectivity index (χ0n) is 9.32. The maximum atomic E-state index is 13.0. The van der Waals surface area contributed by atoms with Crippen LogP contribution in [-0.4, -0.2) is 33.4 Å². The summed E-state index contributed by atoms with van der Waals surface area (Å²) < 4.78 is 18.3. The van der Waals surface area contributed by atoms with E-state index in [0.717, 1.165) is 18.2 Å². The van der Waals surface area contributed by atoms with Crippen molar-refractivity contribution in [2.45, 2.75) is 31.2 Å². The highest BCUT2D eigenvalue weighted by Gasteiger charge is 2.34. The minimum absolute atomic E-state index is 0.162. The summed E-state index contributed by atoms with van der Waals surface area (Å²) in [6.07, 6.45) is -2.07. The second-order valence-corrected chi connectivity index (χ2v) is 4.22. The van der Waals surface area contributed by atoms with Crippen molar-refractivity contribution in [1.82, 2.24) is 0 Å². The number of hydrogen-bond acceptors (Lipinski definition) is 5. The minimum atomic E-state index is -0.914. The molecule has 6 nitrogen and oxygen atoms in total. The van der Waals surface area contributed by atoms with Gasteiger partial charge in [0.1, 0.15) is 11.9 Å². The van der Waals surface area contributed by atoms with Gasteiger partial charge in [-0.25, -0.2) is 4.39 Å². The zero-order chi connectivity index (χ0) is 13.3. The van der Waals surface area contributed by atoms with E-state index in [1.54, 1.807) is 0 Å². The van der Waals surface area contributed by atoms with E-state index >= 15 is 0 Å². The summed E-state index contributed by atoms with van der Waals surface area (Å²) in [5.74, 6) is -0.832. The van der Waals surface area contributed by atoms with Gasteiger partial charge in [-0.2, -0.15) is 0 Å². The van der Waals surface area contributed by atoms with E-state index in [4.69, 9.17) is 4.74 Å². The average Bonchev–Trinajstić information content (AvgIpc) is 2.57. The molecule has 2 atom stereocenters. The van der Waals surface area contributed by atoms with Crippen LogP contribution in [0.5, 0.6) is 5.75 Å². The Bertz CT molecular complexity index is 457. The molecule has 0 spiro atoms. The van der Waals surface area contributed by atoms with Gasteiger partial charge in [0.15, 0.2) is 5.75 Å². The summed E-state index contributed by atoms with van der Waals surface area (Å²) in [6, 6.07) is 2.92. The Labute approximate surface area is 102 Å². The van der Waals surface area contributed by atoms with Crippen molar-refractivity contribution in [2.24, 2.45) is 0 Å². The fraction of sp³-hybridized carbons (Fsp3) is 0.455. The lowest BCUT2D eigenvalue weighted by atomic mass is 10.2. The van der Waals surface area contributed by atoms with Gasteiger partial charge in [0.05, 0.1) is 17.1 Å². The summed E-state index contributed by atoms with van der Waals surface area (Å²) >= 11 is 0. The summed E-state index contributed by atoms with van der Waals surface area (Å²) in [4.78, 5) is 10.1. The Balaban J connectivity index is 2.18. The Kier molecular flexibility index (Phi) is 3.44. The highest BCUT2D eigenvalue weighted by atomic mass is 19.1. The molecule has 1 fully saturated rings. The Morgan fingerprint density at radius 2 is 1.94 bits per heavy atom. The van der Waals surface area contributed by atoms with Crippen molar-refractivity contribution in [3.8, 4) is 5.75 Å². The third kappa shape index (κ3) is 2.57. The van der Waals surface area contributed by atoms with Crippen LogP contribution in [0.25, 0.3) is 0 Å². The number of halogens is 1. The Morgan fingerprint density at radius 3 is 2.50 bits per heavy atom. The summed E-state index contributed by atoms with van der Waals surface area (Å²) in [5.41, 5.74) is -0.340. The number of rotatable bonds is 3. The molecule has 1 saturated carbocycles. The lowest BCUT2D eigenvalue weighted by Crippen LogP contribution is -2.17. The fourth-order valence-electron chi connectivity index (χ4n) is 1.96. The number of nitrogens with zero attached hydrogens (tertiary/aromatic N) is 1. The molecule has 18 heavy (non-hydrogen) atoms. The van der Waals surface area contributed by atoms with Crippen molar-refractivity contribution in [2.75, 3.05) is 0 Å². The first-order chi connectivity index (χ1) is 8.47. The van der Waals surface area contributed by atoms with Gasteiger partial charge in [-0.3, -0.25) is 10.1 Å². The van der Waals surface area contributed by atoms with Crippen LogP contribution in [0.1, 0.15) is 12.8 Å². The number of ether oxygens (including phenoxy) is 1. The van der Waals surface area contributed by atoms with Crippen LogP contribution in [0, 0.1) is 15.9 Å². The van der Waals surface area contributed by atoms with Crippen LogP contribution in [0.4, 0.5) is 10.1 Å². The van der Waals surface area contributed by atoms with Crippen molar-refractivity contribution in [3.05, 3.63) is 34.1 Å². The molecule has 7 heteroatoms. The second kappa shape index (κ2) is 4.87. The first kappa shape index (κ1) is 12.7. The highest BCUT2D eigenvalue weighted by molar-refractivity contribution is 5.46.